The first-order valence-corrected chi connectivity index (χ1v) is 10.8. The van der Waals surface area contributed by atoms with Crippen molar-refractivity contribution in [3.8, 4) is 0 Å². The van der Waals surface area contributed by atoms with Crippen molar-refractivity contribution in [1.29, 1.82) is 0 Å². The molecule has 5 aromatic rings. The molecule has 0 unspecified atom stereocenters. The topological polar surface area (TPSA) is 73.9 Å². The van der Waals surface area contributed by atoms with E-state index < -0.39 is 0 Å². The van der Waals surface area contributed by atoms with Crippen molar-refractivity contribution < 1.29 is 4.74 Å². The third kappa shape index (κ3) is 3.38. The first-order chi connectivity index (χ1) is 15.9. The largest absolute Gasteiger partial charge is 0.378 e. The molecule has 4 heterocycles. The summed E-state index contributed by atoms with van der Waals surface area (Å²) in [5.41, 5.74) is 5.00. The van der Waals surface area contributed by atoms with Crippen LogP contribution in [0.15, 0.2) is 67.3 Å². The third-order valence-electron chi connectivity index (χ3n) is 5.92. The summed E-state index contributed by atoms with van der Waals surface area (Å²) in [7, 11) is 0. The van der Waals surface area contributed by atoms with Crippen molar-refractivity contribution in [3.63, 3.8) is 0 Å². The standard InChI is InChI=1S/C24H23N7O/c1-2-6-18(7-3-1)14-31-20-9-5-4-8-19(20)28-21(31)15-30-17-27-22-23(25-16-26-24(22)30)29-10-12-32-13-11-29/h1-9,16-17H,10-15H2. The number of hydrogen-bond acceptors (Lipinski definition) is 6. The molecule has 1 saturated heterocycles. The second-order valence-electron chi connectivity index (χ2n) is 7.93. The maximum Gasteiger partial charge on any atom is 0.165 e. The number of imidazole rings is 2. The van der Waals surface area contributed by atoms with Crippen molar-refractivity contribution in [2.45, 2.75) is 13.1 Å². The van der Waals surface area contributed by atoms with Crippen LogP contribution in [-0.2, 0) is 17.8 Å². The summed E-state index contributed by atoms with van der Waals surface area (Å²) < 4.78 is 9.82. The van der Waals surface area contributed by atoms with Gasteiger partial charge in [0.15, 0.2) is 17.0 Å². The molecule has 1 aliphatic heterocycles. The van der Waals surface area contributed by atoms with Gasteiger partial charge in [0, 0.05) is 19.6 Å². The van der Waals surface area contributed by atoms with Gasteiger partial charge in [0.1, 0.15) is 12.2 Å². The Morgan fingerprint density at radius 1 is 0.844 bits per heavy atom. The zero-order valence-electron chi connectivity index (χ0n) is 17.6. The number of hydrogen-bond donors (Lipinski definition) is 0. The Balaban J connectivity index is 1.40. The number of nitrogens with zero attached hydrogens (tertiary/aromatic N) is 7. The van der Waals surface area contributed by atoms with E-state index in [0.29, 0.717) is 19.8 Å². The molecule has 8 nitrogen and oxygen atoms in total. The normalized spacial score (nSPS) is 14.4. The highest BCUT2D eigenvalue weighted by Gasteiger charge is 2.19. The molecule has 0 radical (unpaired) electrons. The van der Waals surface area contributed by atoms with Crippen LogP contribution < -0.4 is 4.90 Å². The lowest BCUT2D eigenvalue weighted by Gasteiger charge is -2.27. The van der Waals surface area contributed by atoms with Crippen LogP contribution in [0.3, 0.4) is 0 Å². The number of aromatic nitrogens is 6. The average molecular weight is 425 g/mol. The van der Waals surface area contributed by atoms with E-state index in [4.69, 9.17) is 9.72 Å². The van der Waals surface area contributed by atoms with E-state index in [1.54, 1.807) is 6.33 Å². The van der Waals surface area contributed by atoms with Gasteiger partial charge in [-0.15, -0.1) is 0 Å². The third-order valence-corrected chi connectivity index (χ3v) is 5.92. The second-order valence-corrected chi connectivity index (χ2v) is 7.93. The van der Waals surface area contributed by atoms with Gasteiger partial charge in [-0.1, -0.05) is 42.5 Å². The van der Waals surface area contributed by atoms with Crippen LogP contribution in [0.2, 0.25) is 0 Å². The number of ether oxygens (including phenoxy) is 1. The highest BCUT2D eigenvalue weighted by atomic mass is 16.5. The molecule has 0 atom stereocenters. The molecule has 0 bridgehead atoms. The van der Waals surface area contributed by atoms with Crippen LogP contribution in [0.1, 0.15) is 11.4 Å². The zero-order chi connectivity index (χ0) is 21.3. The molecule has 6 rings (SSSR count). The average Bonchev–Trinajstić information content (AvgIpc) is 3.42. The van der Waals surface area contributed by atoms with Gasteiger partial charge in [0.05, 0.1) is 37.1 Å². The van der Waals surface area contributed by atoms with Crippen molar-refractivity contribution in [1.82, 2.24) is 29.1 Å². The number of benzene rings is 2. The maximum absolute atomic E-state index is 5.49. The number of fused-ring (bicyclic) bond motifs is 2. The minimum atomic E-state index is 0.581. The molecule has 0 saturated carbocycles. The Kier molecular flexibility index (Phi) is 4.77. The predicted octanol–water partition coefficient (Wildman–Crippen LogP) is 3.11. The molecule has 160 valence electrons. The number of rotatable bonds is 5. The molecule has 2 aromatic carbocycles. The Labute approximate surface area is 185 Å². The molecule has 0 spiro atoms. The van der Waals surface area contributed by atoms with Crippen molar-refractivity contribution in [2.75, 3.05) is 31.2 Å². The van der Waals surface area contributed by atoms with E-state index in [1.165, 1.54) is 5.56 Å². The van der Waals surface area contributed by atoms with Crippen LogP contribution in [0.25, 0.3) is 22.2 Å². The maximum atomic E-state index is 5.49. The van der Waals surface area contributed by atoms with E-state index in [0.717, 1.165) is 53.5 Å². The van der Waals surface area contributed by atoms with Crippen LogP contribution in [0.4, 0.5) is 5.82 Å². The van der Waals surface area contributed by atoms with Gasteiger partial charge in [0.2, 0.25) is 0 Å². The van der Waals surface area contributed by atoms with Gasteiger partial charge in [-0.25, -0.2) is 19.9 Å². The zero-order valence-corrected chi connectivity index (χ0v) is 17.6. The highest BCUT2D eigenvalue weighted by Crippen LogP contribution is 2.24. The van der Waals surface area contributed by atoms with Gasteiger partial charge in [-0.2, -0.15) is 0 Å². The van der Waals surface area contributed by atoms with E-state index in [9.17, 15) is 0 Å². The molecule has 8 heteroatoms. The minimum absolute atomic E-state index is 0.581. The van der Waals surface area contributed by atoms with Crippen LogP contribution in [0, 0.1) is 0 Å². The number of anilines is 1. The van der Waals surface area contributed by atoms with E-state index in [2.05, 4.69) is 71.5 Å². The molecular formula is C24H23N7O. The first-order valence-electron chi connectivity index (χ1n) is 10.8. The number of morpholine rings is 1. The monoisotopic (exact) mass is 425 g/mol. The summed E-state index contributed by atoms with van der Waals surface area (Å²) >= 11 is 0. The van der Waals surface area contributed by atoms with E-state index in [-0.39, 0.29) is 0 Å². The molecule has 0 aliphatic carbocycles. The fourth-order valence-electron chi connectivity index (χ4n) is 4.33. The Bertz CT molecular complexity index is 1370. The smallest absolute Gasteiger partial charge is 0.165 e. The number of para-hydroxylation sites is 2. The summed E-state index contributed by atoms with van der Waals surface area (Å²) in [6.07, 6.45) is 3.47. The van der Waals surface area contributed by atoms with Crippen molar-refractivity contribution in [2.24, 2.45) is 0 Å². The Morgan fingerprint density at radius 3 is 2.53 bits per heavy atom. The predicted molar refractivity (Wildman–Crippen MR) is 123 cm³/mol. The molecular weight excluding hydrogens is 402 g/mol. The Morgan fingerprint density at radius 2 is 1.66 bits per heavy atom. The minimum Gasteiger partial charge on any atom is -0.378 e. The summed E-state index contributed by atoms with van der Waals surface area (Å²) in [6.45, 7) is 4.37. The highest BCUT2D eigenvalue weighted by molar-refractivity contribution is 5.83. The molecule has 32 heavy (non-hydrogen) atoms. The van der Waals surface area contributed by atoms with E-state index >= 15 is 0 Å². The van der Waals surface area contributed by atoms with E-state index in [1.807, 2.05) is 18.5 Å². The summed E-state index contributed by atoms with van der Waals surface area (Å²) in [4.78, 5) is 20.9. The van der Waals surface area contributed by atoms with Gasteiger partial charge in [0.25, 0.3) is 0 Å². The molecule has 1 fully saturated rings. The summed E-state index contributed by atoms with van der Waals surface area (Å²) in [5.74, 6) is 1.84. The fraction of sp³-hybridized carbons (Fsp3) is 0.250. The SMILES string of the molecule is c1ccc(Cn2c(Cn3cnc4c(N5CCOCC5)ncnc43)nc3ccccc32)cc1. The molecule has 3 aromatic heterocycles. The lowest BCUT2D eigenvalue weighted by molar-refractivity contribution is 0.122. The quantitative estimate of drug-likeness (QED) is 0.431. The fourth-order valence-corrected chi connectivity index (χ4v) is 4.33. The Hall–Kier alpha value is -3.78. The summed E-state index contributed by atoms with van der Waals surface area (Å²) in [5, 5.41) is 0. The van der Waals surface area contributed by atoms with Crippen LogP contribution in [-0.4, -0.2) is 55.4 Å². The molecule has 1 aliphatic rings. The van der Waals surface area contributed by atoms with Gasteiger partial charge in [-0.05, 0) is 17.7 Å². The van der Waals surface area contributed by atoms with Gasteiger partial charge in [-0.3, -0.25) is 0 Å². The van der Waals surface area contributed by atoms with Gasteiger partial charge < -0.3 is 18.8 Å². The first kappa shape index (κ1) is 18.9. The van der Waals surface area contributed by atoms with Crippen LogP contribution in [0.5, 0.6) is 0 Å². The molecule has 0 N–H and O–H groups in total. The molecule has 0 amide bonds. The van der Waals surface area contributed by atoms with Crippen molar-refractivity contribution >= 4 is 28.0 Å². The summed E-state index contributed by atoms with van der Waals surface area (Å²) in [6, 6.07) is 18.7. The van der Waals surface area contributed by atoms with Gasteiger partial charge >= 0.3 is 0 Å². The second kappa shape index (κ2) is 8.05. The lowest BCUT2D eigenvalue weighted by Crippen LogP contribution is -2.36. The lowest BCUT2D eigenvalue weighted by atomic mass is 10.2. The van der Waals surface area contributed by atoms with Crippen LogP contribution >= 0.6 is 0 Å². The van der Waals surface area contributed by atoms with Crippen molar-refractivity contribution in [3.05, 3.63) is 78.6 Å².